The van der Waals surface area contributed by atoms with Gasteiger partial charge in [0, 0.05) is 20.3 Å². The van der Waals surface area contributed by atoms with Gasteiger partial charge in [0.25, 0.3) is 5.91 Å². The molecule has 19 heavy (non-hydrogen) atoms. The number of benzene rings is 1. The van der Waals surface area contributed by atoms with Crippen LogP contribution in [-0.4, -0.2) is 32.3 Å². The second-order valence-electron chi connectivity index (χ2n) is 4.11. The van der Waals surface area contributed by atoms with Crippen molar-refractivity contribution in [1.82, 2.24) is 5.32 Å². The lowest BCUT2D eigenvalue weighted by Crippen LogP contribution is -2.38. The van der Waals surface area contributed by atoms with Gasteiger partial charge in [-0.1, -0.05) is 6.92 Å². The van der Waals surface area contributed by atoms with Crippen molar-refractivity contribution in [3.8, 4) is 5.75 Å². The van der Waals surface area contributed by atoms with Crippen LogP contribution in [-0.2, 0) is 9.53 Å². The number of rotatable bonds is 8. The molecule has 0 aliphatic rings. The minimum absolute atomic E-state index is 0.164. The number of carbonyl (C=O) groups is 1. The Kier molecular flexibility index (Phi) is 6.89. The van der Waals surface area contributed by atoms with Gasteiger partial charge in [0.1, 0.15) is 11.6 Å². The number of hydrogen-bond acceptors (Lipinski definition) is 3. The Morgan fingerprint density at radius 3 is 2.63 bits per heavy atom. The lowest BCUT2D eigenvalue weighted by molar-refractivity contribution is -0.128. The van der Waals surface area contributed by atoms with Crippen molar-refractivity contribution in [3.05, 3.63) is 30.1 Å². The lowest BCUT2D eigenvalue weighted by atomic mass is 10.2. The van der Waals surface area contributed by atoms with E-state index in [1.807, 2.05) is 6.92 Å². The van der Waals surface area contributed by atoms with E-state index >= 15 is 0 Å². The predicted molar refractivity (Wildman–Crippen MR) is 70.6 cm³/mol. The highest BCUT2D eigenvalue weighted by Crippen LogP contribution is 2.14. The molecule has 1 amide bonds. The molecule has 0 saturated carbocycles. The SMILES string of the molecule is CCC(Oc1ccc(F)cc1)C(=O)NCCCOC. The van der Waals surface area contributed by atoms with E-state index in [4.69, 9.17) is 9.47 Å². The fourth-order valence-electron chi connectivity index (χ4n) is 1.54. The third-order valence-electron chi connectivity index (χ3n) is 2.58. The van der Waals surface area contributed by atoms with Crippen molar-refractivity contribution in [1.29, 1.82) is 0 Å². The van der Waals surface area contributed by atoms with Crippen LogP contribution in [0.5, 0.6) is 5.75 Å². The van der Waals surface area contributed by atoms with Crippen molar-refractivity contribution in [2.45, 2.75) is 25.9 Å². The van der Waals surface area contributed by atoms with Crippen LogP contribution < -0.4 is 10.1 Å². The number of carbonyl (C=O) groups excluding carboxylic acids is 1. The van der Waals surface area contributed by atoms with Crippen LogP contribution in [0.1, 0.15) is 19.8 Å². The maximum atomic E-state index is 12.8. The van der Waals surface area contributed by atoms with Gasteiger partial charge >= 0.3 is 0 Å². The molecule has 0 aliphatic heterocycles. The van der Waals surface area contributed by atoms with Crippen LogP contribution in [0.3, 0.4) is 0 Å². The van der Waals surface area contributed by atoms with Gasteiger partial charge in [0.2, 0.25) is 0 Å². The predicted octanol–water partition coefficient (Wildman–Crippen LogP) is 2.14. The molecule has 1 atom stereocenters. The first-order valence-electron chi connectivity index (χ1n) is 6.36. The quantitative estimate of drug-likeness (QED) is 0.735. The number of nitrogens with one attached hydrogen (secondary N) is 1. The molecule has 0 fully saturated rings. The van der Waals surface area contributed by atoms with Crippen molar-refractivity contribution in [2.75, 3.05) is 20.3 Å². The van der Waals surface area contributed by atoms with Crippen molar-refractivity contribution in [2.24, 2.45) is 0 Å². The normalized spacial score (nSPS) is 11.9. The van der Waals surface area contributed by atoms with E-state index in [0.717, 1.165) is 6.42 Å². The summed E-state index contributed by atoms with van der Waals surface area (Å²) < 4.78 is 23.2. The fourth-order valence-corrected chi connectivity index (χ4v) is 1.54. The minimum atomic E-state index is -0.562. The van der Waals surface area contributed by atoms with Crippen LogP contribution in [0, 0.1) is 5.82 Å². The first kappa shape index (κ1) is 15.4. The molecule has 0 spiro atoms. The maximum Gasteiger partial charge on any atom is 0.261 e. The van der Waals surface area contributed by atoms with Gasteiger partial charge in [0.15, 0.2) is 6.10 Å². The molecule has 4 nitrogen and oxygen atoms in total. The Balaban J connectivity index is 2.43. The highest BCUT2D eigenvalue weighted by molar-refractivity contribution is 5.81. The summed E-state index contributed by atoms with van der Waals surface area (Å²) in [5.74, 6) is -0.00682. The topological polar surface area (TPSA) is 47.6 Å². The third-order valence-corrected chi connectivity index (χ3v) is 2.58. The first-order valence-corrected chi connectivity index (χ1v) is 6.36. The van der Waals surface area contributed by atoms with Crippen LogP contribution >= 0.6 is 0 Å². The number of hydrogen-bond donors (Lipinski definition) is 1. The van der Waals surface area contributed by atoms with Crippen molar-refractivity contribution < 1.29 is 18.7 Å². The monoisotopic (exact) mass is 269 g/mol. The van der Waals surface area contributed by atoms with E-state index in [9.17, 15) is 9.18 Å². The van der Waals surface area contributed by atoms with Gasteiger partial charge in [-0.2, -0.15) is 0 Å². The summed E-state index contributed by atoms with van der Waals surface area (Å²) in [4.78, 5) is 11.9. The van der Waals surface area contributed by atoms with Crippen LogP contribution in [0.15, 0.2) is 24.3 Å². The molecule has 0 bridgehead atoms. The molecule has 0 aromatic heterocycles. The zero-order chi connectivity index (χ0) is 14.1. The molecule has 106 valence electrons. The van der Waals surface area contributed by atoms with E-state index in [0.29, 0.717) is 25.3 Å². The molecular formula is C14H20FNO3. The second kappa shape index (κ2) is 8.48. The minimum Gasteiger partial charge on any atom is -0.481 e. The Hall–Kier alpha value is -1.62. The Morgan fingerprint density at radius 1 is 1.37 bits per heavy atom. The first-order chi connectivity index (χ1) is 9.17. The molecule has 0 saturated heterocycles. The number of halogens is 1. The molecule has 0 radical (unpaired) electrons. The lowest BCUT2D eigenvalue weighted by Gasteiger charge is -2.17. The maximum absolute atomic E-state index is 12.8. The summed E-state index contributed by atoms with van der Waals surface area (Å²) in [6.45, 7) is 3.02. The van der Waals surface area contributed by atoms with Crippen LogP contribution in [0.2, 0.25) is 0 Å². The van der Waals surface area contributed by atoms with Gasteiger partial charge < -0.3 is 14.8 Å². The zero-order valence-corrected chi connectivity index (χ0v) is 11.3. The Bertz CT molecular complexity index is 381. The summed E-state index contributed by atoms with van der Waals surface area (Å²) in [6, 6.07) is 5.63. The van der Waals surface area contributed by atoms with E-state index in [1.54, 1.807) is 7.11 Å². The molecule has 0 aliphatic carbocycles. The van der Waals surface area contributed by atoms with E-state index in [-0.39, 0.29) is 11.7 Å². The number of methoxy groups -OCH3 is 1. The average Bonchev–Trinajstić information content (AvgIpc) is 2.42. The molecule has 1 rings (SSSR count). The molecule has 5 heteroatoms. The Morgan fingerprint density at radius 2 is 2.05 bits per heavy atom. The van der Waals surface area contributed by atoms with Gasteiger partial charge in [-0.05, 0) is 37.1 Å². The summed E-state index contributed by atoms with van der Waals surface area (Å²) in [5.41, 5.74) is 0. The number of amides is 1. The summed E-state index contributed by atoms with van der Waals surface area (Å²) in [7, 11) is 1.62. The average molecular weight is 269 g/mol. The smallest absolute Gasteiger partial charge is 0.261 e. The molecule has 1 N–H and O–H groups in total. The van der Waals surface area contributed by atoms with Gasteiger partial charge in [-0.15, -0.1) is 0 Å². The summed E-state index contributed by atoms with van der Waals surface area (Å²) in [5, 5.41) is 2.78. The van der Waals surface area contributed by atoms with E-state index in [1.165, 1.54) is 24.3 Å². The van der Waals surface area contributed by atoms with Gasteiger partial charge in [-0.25, -0.2) is 4.39 Å². The molecule has 1 aromatic rings. The highest BCUT2D eigenvalue weighted by Gasteiger charge is 2.17. The van der Waals surface area contributed by atoms with E-state index < -0.39 is 6.10 Å². The van der Waals surface area contributed by atoms with Crippen molar-refractivity contribution >= 4 is 5.91 Å². The highest BCUT2D eigenvalue weighted by atomic mass is 19.1. The number of ether oxygens (including phenoxy) is 2. The van der Waals surface area contributed by atoms with Crippen LogP contribution in [0.25, 0.3) is 0 Å². The molecule has 0 heterocycles. The van der Waals surface area contributed by atoms with Crippen molar-refractivity contribution in [3.63, 3.8) is 0 Å². The Labute approximate surface area is 112 Å². The van der Waals surface area contributed by atoms with E-state index in [2.05, 4.69) is 5.32 Å². The molecular weight excluding hydrogens is 249 g/mol. The second-order valence-corrected chi connectivity index (χ2v) is 4.11. The van der Waals surface area contributed by atoms with Gasteiger partial charge in [0.05, 0.1) is 0 Å². The molecule has 1 aromatic carbocycles. The molecule has 1 unspecified atom stereocenters. The zero-order valence-electron chi connectivity index (χ0n) is 11.3. The van der Waals surface area contributed by atoms with Gasteiger partial charge in [-0.3, -0.25) is 4.79 Å². The standard InChI is InChI=1S/C14H20FNO3/c1-3-13(14(17)16-9-4-10-18-2)19-12-7-5-11(15)6-8-12/h5-8,13H,3-4,9-10H2,1-2H3,(H,16,17). The largest absolute Gasteiger partial charge is 0.481 e. The van der Waals surface area contributed by atoms with Crippen LogP contribution in [0.4, 0.5) is 4.39 Å². The fraction of sp³-hybridized carbons (Fsp3) is 0.500. The third kappa shape index (κ3) is 5.70. The summed E-state index contributed by atoms with van der Waals surface area (Å²) >= 11 is 0. The summed E-state index contributed by atoms with van der Waals surface area (Å²) in [6.07, 6.45) is 0.746.